The van der Waals surface area contributed by atoms with Crippen LogP contribution in [-0.2, 0) is 25.8 Å². The minimum atomic E-state index is -2.49. The van der Waals surface area contributed by atoms with Gasteiger partial charge in [-0.3, -0.25) is 0 Å². The van der Waals surface area contributed by atoms with Crippen LogP contribution in [0, 0.1) is 0 Å². The summed E-state index contributed by atoms with van der Waals surface area (Å²) in [6.45, 7) is 13.7. The topological polar surface area (TPSA) is 0 Å². The van der Waals surface area contributed by atoms with Crippen LogP contribution in [-0.4, -0.2) is 0 Å². The van der Waals surface area contributed by atoms with E-state index < -0.39 is 19.4 Å². The van der Waals surface area contributed by atoms with Gasteiger partial charge in [0.15, 0.2) is 0 Å². The Labute approximate surface area is 205 Å². The standard InChI is InChI=1S/C28H37.2ClH.Zr/c1-7-9-11-21-14-23-13-12-22(10-8-2)28(27(23)15-21)26-17-24(19(3)4)16-25(18-26)20(5)6;;;/h12-20H,7-11H2,1-6H3;2*1H;/q;;;+2/p-2. The maximum atomic E-state index is 6.74. The van der Waals surface area contributed by atoms with Crippen LogP contribution in [0.3, 0.4) is 0 Å². The molecule has 3 heteroatoms. The molecule has 31 heavy (non-hydrogen) atoms. The van der Waals surface area contributed by atoms with Crippen molar-refractivity contribution in [2.75, 3.05) is 0 Å². The van der Waals surface area contributed by atoms with E-state index in [9.17, 15) is 0 Å². The third-order valence-corrected chi connectivity index (χ3v) is 11.9. The number of hydrogen-bond donors (Lipinski definition) is 0. The van der Waals surface area contributed by atoms with Gasteiger partial charge in [-0.15, -0.1) is 0 Å². The predicted molar refractivity (Wildman–Crippen MR) is 136 cm³/mol. The molecule has 0 nitrogen and oxygen atoms in total. The molecule has 0 N–H and O–H groups in total. The van der Waals surface area contributed by atoms with Gasteiger partial charge >= 0.3 is 206 Å². The molecule has 0 saturated carbocycles. The van der Waals surface area contributed by atoms with Gasteiger partial charge < -0.3 is 0 Å². The number of allylic oxidation sites excluding steroid dienone is 1. The molecule has 0 aliphatic heterocycles. The molecule has 3 rings (SSSR count). The van der Waals surface area contributed by atoms with Crippen molar-refractivity contribution in [3.8, 4) is 11.1 Å². The van der Waals surface area contributed by atoms with Crippen molar-refractivity contribution in [2.24, 2.45) is 0 Å². The molecule has 2 aromatic rings. The van der Waals surface area contributed by atoms with Crippen molar-refractivity contribution in [1.82, 2.24) is 0 Å². The summed E-state index contributed by atoms with van der Waals surface area (Å²) < 4.78 is 0.305. The molecule has 0 radical (unpaired) electrons. The Morgan fingerprint density at radius 1 is 0.871 bits per heavy atom. The van der Waals surface area contributed by atoms with Gasteiger partial charge in [-0.25, -0.2) is 0 Å². The van der Waals surface area contributed by atoms with Gasteiger partial charge in [-0.2, -0.15) is 0 Å². The zero-order chi connectivity index (χ0) is 22.7. The van der Waals surface area contributed by atoms with E-state index in [0.29, 0.717) is 15.5 Å². The fraction of sp³-hybridized carbons (Fsp3) is 0.500. The molecule has 167 valence electrons. The molecule has 1 aliphatic carbocycles. The van der Waals surface area contributed by atoms with Gasteiger partial charge in [0, 0.05) is 0 Å². The predicted octanol–water partition coefficient (Wildman–Crippen LogP) is 10.1. The van der Waals surface area contributed by atoms with E-state index in [0.717, 1.165) is 19.3 Å². The number of benzene rings is 2. The molecule has 1 aliphatic rings. The van der Waals surface area contributed by atoms with Crippen molar-refractivity contribution >= 4 is 23.1 Å². The summed E-state index contributed by atoms with van der Waals surface area (Å²) >= 11 is -2.49. The summed E-state index contributed by atoms with van der Waals surface area (Å²) in [5.41, 5.74) is 11.4. The molecule has 0 amide bonds. The molecule has 0 aromatic heterocycles. The van der Waals surface area contributed by atoms with Crippen molar-refractivity contribution in [3.05, 3.63) is 63.7 Å². The third kappa shape index (κ3) is 5.59. The zero-order valence-corrected chi connectivity index (χ0v) is 24.0. The van der Waals surface area contributed by atoms with Crippen LogP contribution in [0.25, 0.3) is 17.2 Å². The Hall–Kier alpha value is -0.357. The van der Waals surface area contributed by atoms with E-state index in [2.05, 4.69) is 78.0 Å². The quantitative estimate of drug-likeness (QED) is 0.300. The number of fused-ring (bicyclic) bond motifs is 1. The Kier molecular flexibility index (Phi) is 9.11. The van der Waals surface area contributed by atoms with Crippen LogP contribution in [0.5, 0.6) is 0 Å². The summed E-state index contributed by atoms with van der Waals surface area (Å²) in [5, 5.41) is 0. The summed E-state index contributed by atoms with van der Waals surface area (Å²) in [4.78, 5) is 0. The Bertz CT molecular complexity index is 914. The van der Waals surface area contributed by atoms with Gasteiger partial charge in [0.25, 0.3) is 0 Å². The van der Waals surface area contributed by atoms with E-state index in [4.69, 9.17) is 17.0 Å². The average molecular weight is 536 g/mol. The van der Waals surface area contributed by atoms with Crippen LogP contribution >= 0.6 is 17.0 Å². The SMILES string of the molecule is CCCCC1=Cc2c(ccc(CCC)c2-c2cc(C(C)C)cc(C(C)C)c2)[CH]1[Zr]([Cl])[Cl]. The molecular weight excluding hydrogens is 498 g/mol. The molecule has 1 unspecified atom stereocenters. The number of rotatable bonds is 9. The molecular formula is C28H37Cl2Zr. The van der Waals surface area contributed by atoms with Crippen LogP contribution in [0.15, 0.2) is 35.9 Å². The zero-order valence-electron chi connectivity index (χ0n) is 20.0. The number of hydrogen-bond acceptors (Lipinski definition) is 0. The van der Waals surface area contributed by atoms with E-state index in [1.54, 1.807) is 0 Å². The first-order valence-corrected chi connectivity index (χ1v) is 19.7. The van der Waals surface area contributed by atoms with E-state index >= 15 is 0 Å². The van der Waals surface area contributed by atoms with E-state index in [1.807, 2.05) is 0 Å². The van der Waals surface area contributed by atoms with Gasteiger partial charge in [0.1, 0.15) is 0 Å². The third-order valence-electron chi connectivity index (χ3n) is 6.53. The first-order chi connectivity index (χ1) is 14.8. The molecule has 0 spiro atoms. The minimum absolute atomic E-state index is 0.305. The van der Waals surface area contributed by atoms with Gasteiger partial charge in [0.05, 0.1) is 0 Å². The maximum absolute atomic E-state index is 6.74. The monoisotopic (exact) mass is 533 g/mol. The summed E-state index contributed by atoms with van der Waals surface area (Å²) in [5.74, 6) is 1.02. The van der Waals surface area contributed by atoms with Crippen LogP contribution in [0.1, 0.15) is 111 Å². The van der Waals surface area contributed by atoms with Crippen molar-refractivity contribution in [3.63, 3.8) is 0 Å². The van der Waals surface area contributed by atoms with E-state index in [1.165, 1.54) is 57.4 Å². The van der Waals surface area contributed by atoms with Gasteiger partial charge in [0.2, 0.25) is 0 Å². The molecule has 1 atom stereocenters. The molecule has 2 aromatic carbocycles. The fourth-order valence-electron chi connectivity index (χ4n) is 4.72. The van der Waals surface area contributed by atoms with Crippen molar-refractivity contribution in [2.45, 2.75) is 89.1 Å². The number of unbranched alkanes of at least 4 members (excludes halogenated alkanes) is 1. The number of halogens is 2. The van der Waals surface area contributed by atoms with Crippen molar-refractivity contribution < 1.29 is 19.4 Å². The average Bonchev–Trinajstić information content (AvgIpc) is 3.10. The first-order valence-electron chi connectivity index (χ1n) is 12.0. The fourth-order valence-corrected chi connectivity index (χ4v) is 10.2. The molecule has 0 saturated heterocycles. The Morgan fingerprint density at radius 3 is 2.03 bits per heavy atom. The van der Waals surface area contributed by atoms with Crippen LogP contribution in [0.2, 0.25) is 0 Å². The summed E-state index contributed by atoms with van der Waals surface area (Å²) in [6, 6.07) is 12.0. The molecule has 0 heterocycles. The van der Waals surface area contributed by atoms with E-state index in [-0.39, 0.29) is 0 Å². The van der Waals surface area contributed by atoms with Crippen LogP contribution < -0.4 is 0 Å². The molecule has 0 fully saturated rings. The van der Waals surface area contributed by atoms with Crippen LogP contribution in [0.4, 0.5) is 0 Å². The first kappa shape index (κ1) is 25.3. The molecule has 0 bridgehead atoms. The second kappa shape index (κ2) is 11.2. The Morgan fingerprint density at radius 2 is 1.52 bits per heavy atom. The summed E-state index contributed by atoms with van der Waals surface area (Å²) in [6.07, 6.45) is 8.23. The van der Waals surface area contributed by atoms with Crippen molar-refractivity contribution in [1.29, 1.82) is 0 Å². The second-order valence-corrected chi connectivity index (χ2v) is 18.4. The Balaban J connectivity index is 2.27. The second-order valence-electron chi connectivity index (χ2n) is 9.60. The van der Waals surface area contributed by atoms with Gasteiger partial charge in [-0.05, 0) is 0 Å². The normalized spacial score (nSPS) is 15.5. The number of aryl methyl sites for hydroxylation is 1. The van der Waals surface area contributed by atoms with Gasteiger partial charge in [-0.1, -0.05) is 0 Å². The summed E-state index contributed by atoms with van der Waals surface area (Å²) in [7, 11) is 13.5.